The lowest BCUT2D eigenvalue weighted by molar-refractivity contribution is 0.247. The van der Waals surface area contributed by atoms with E-state index in [1.54, 1.807) is 10.4 Å². The molecule has 1 aromatic heterocycles. The summed E-state index contributed by atoms with van der Waals surface area (Å²) in [6.45, 7) is 2.40. The second-order valence-electron chi connectivity index (χ2n) is 4.44. The van der Waals surface area contributed by atoms with Gasteiger partial charge in [0.25, 0.3) is 0 Å². The summed E-state index contributed by atoms with van der Waals surface area (Å²) in [4.78, 5) is 0.335. The summed E-state index contributed by atoms with van der Waals surface area (Å²) in [5, 5.41) is 0. The van der Waals surface area contributed by atoms with Crippen LogP contribution in [0.25, 0.3) is 0 Å². The molecule has 2 N–H and O–H groups in total. The molecule has 1 aliphatic heterocycles. The van der Waals surface area contributed by atoms with Crippen molar-refractivity contribution in [2.24, 2.45) is 5.73 Å². The van der Waals surface area contributed by atoms with Crippen molar-refractivity contribution in [3.63, 3.8) is 0 Å². The molecular weight excluding hydrogens is 404 g/mol. The fraction of sp³-hybridized carbons (Fsp3) is 0.600. The van der Waals surface area contributed by atoms with E-state index in [4.69, 9.17) is 5.73 Å². The van der Waals surface area contributed by atoms with Crippen LogP contribution in [0.5, 0.6) is 0 Å². The summed E-state index contributed by atoms with van der Waals surface area (Å²) in [6.07, 6.45) is 1.43. The molecular formula is C10H14Br2N2O2S2. The van der Waals surface area contributed by atoms with Gasteiger partial charge in [-0.2, -0.15) is 4.31 Å². The lowest BCUT2D eigenvalue weighted by atomic mass is 10.0. The standard InChI is InChI=1S/C10H14Br2N2O2S2/c1-6-4-7(13)2-3-14(6)18(15,16)8-5-9(11)17-10(8)12/h5-7H,2-4,13H2,1H3. The Kier molecular flexibility index (Phi) is 4.56. The molecule has 2 heterocycles. The lowest BCUT2D eigenvalue weighted by Gasteiger charge is -2.35. The Morgan fingerprint density at radius 2 is 2.17 bits per heavy atom. The smallest absolute Gasteiger partial charge is 0.245 e. The largest absolute Gasteiger partial charge is 0.328 e. The van der Waals surface area contributed by atoms with Crippen molar-refractivity contribution in [1.82, 2.24) is 4.31 Å². The highest BCUT2D eigenvalue weighted by Crippen LogP contribution is 2.37. The van der Waals surface area contributed by atoms with Gasteiger partial charge in [-0.25, -0.2) is 8.42 Å². The Morgan fingerprint density at radius 1 is 1.50 bits per heavy atom. The Bertz CT molecular complexity index is 544. The monoisotopic (exact) mass is 416 g/mol. The molecule has 1 aromatic rings. The molecule has 1 saturated heterocycles. The summed E-state index contributed by atoms with van der Waals surface area (Å²) in [7, 11) is -3.43. The third-order valence-electron chi connectivity index (χ3n) is 3.07. The number of nitrogens with zero attached hydrogens (tertiary/aromatic N) is 1. The third kappa shape index (κ3) is 2.83. The number of rotatable bonds is 2. The molecule has 0 bridgehead atoms. The highest BCUT2D eigenvalue weighted by Gasteiger charge is 2.35. The van der Waals surface area contributed by atoms with Crippen LogP contribution in [0.3, 0.4) is 0 Å². The van der Waals surface area contributed by atoms with Crippen molar-refractivity contribution < 1.29 is 8.42 Å². The number of nitrogens with two attached hydrogens (primary N) is 1. The van der Waals surface area contributed by atoms with Crippen molar-refractivity contribution >= 4 is 53.2 Å². The number of thiophene rings is 1. The number of piperidine rings is 1. The van der Waals surface area contributed by atoms with E-state index in [-0.39, 0.29) is 12.1 Å². The molecule has 18 heavy (non-hydrogen) atoms. The maximum absolute atomic E-state index is 12.6. The summed E-state index contributed by atoms with van der Waals surface area (Å²) >= 11 is 7.98. The number of sulfonamides is 1. The Labute approximate surface area is 128 Å². The van der Waals surface area contributed by atoms with Gasteiger partial charge in [-0.1, -0.05) is 0 Å². The number of halogens is 2. The molecule has 8 heteroatoms. The lowest BCUT2D eigenvalue weighted by Crippen LogP contribution is -2.48. The average Bonchev–Trinajstić information content (AvgIpc) is 2.57. The van der Waals surface area contributed by atoms with Crippen molar-refractivity contribution in [1.29, 1.82) is 0 Å². The average molecular weight is 418 g/mol. The van der Waals surface area contributed by atoms with Gasteiger partial charge < -0.3 is 5.73 Å². The summed E-state index contributed by atoms with van der Waals surface area (Å²) in [6, 6.07) is 1.69. The maximum atomic E-state index is 12.6. The quantitative estimate of drug-likeness (QED) is 0.804. The Balaban J connectivity index is 2.34. The van der Waals surface area contributed by atoms with E-state index >= 15 is 0 Å². The molecule has 0 aliphatic carbocycles. The second-order valence-corrected chi connectivity index (χ2v) is 10.0. The zero-order chi connectivity index (χ0) is 13.5. The first-order chi connectivity index (χ1) is 8.32. The molecule has 1 fully saturated rings. The van der Waals surface area contributed by atoms with E-state index in [0.717, 1.165) is 3.79 Å². The van der Waals surface area contributed by atoms with E-state index in [1.807, 2.05) is 6.92 Å². The van der Waals surface area contributed by atoms with Crippen molar-refractivity contribution in [2.45, 2.75) is 36.7 Å². The predicted octanol–water partition coefficient (Wildman–Crippen LogP) is 2.77. The van der Waals surface area contributed by atoms with Crippen LogP contribution >= 0.6 is 43.2 Å². The van der Waals surface area contributed by atoms with Crippen LogP contribution in [0, 0.1) is 0 Å². The molecule has 2 unspecified atom stereocenters. The van der Waals surface area contributed by atoms with Crippen LogP contribution in [0.1, 0.15) is 19.8 Å². The normalized spacial score (nSPS) is 26.4. The molecule has 102 valence electrons. The van der Waals surface area contributed by atoms with E-state index < -0.39 is 10.0 Å². The summed E-state index contributed by atoms with van der Waals surface area (Å²) < 4.78 is 28.1. The molecule has 4 nitrogen and oxygen atoms in total. The fourth-order valence-corrected chi connectivity index (χ4v) is 7.59. The van der Waals surface area contributed by atoms with Gasteiger partial charge in [-0.3, -0.25) is 0 Å². The Hall–Kier alpha value is 0.530. The first kappa shape index (κ1) is 14.9. The van der Waals surface area contributed by atoms with E-state index in [1.165, 1.54) is 11.3 Å². The molecule has 1 aliphatic rings. The minimum Gasteiger partial charge on any atom is -0.328 e. The molecule has 0 spiro atoms. The minimum absolute atomic E-state index is 0.0516. The van der Waals surface area contributed by atoms with Crippen LogP contribution < -0.4 is 5.73 Å². The van der Waals surface area contributed by atoms with Gasteiger partial charge >= 0.3 is 0 Å². The van der Waals surface area contributed by atoms with Crippen molar-refractivity contribution in [3.8, 4) is 0 Å². The summed E-state index contributed by atoms with van der Waals surface area (Å²) in [5.74, 6) is 0. The number of hydrogen-bond acceptors (Lipinski definition) is 4. The van der Waals surface area contributed by atoms with Crippen LogP contribution in [0.15, 0.2) is 18.5 Å². The van der Waals surface area contributed by atoms with Crippen LogP contribution in [0.2, 0.25) is 0 Å². The molecule has 0 amide bonds. The molecule has 2 atom stereocenters. The van der Waals surface area contributed by atoms with Gasteiger partial charge in [-0.15, -0.1) is 11.3 Å². The zero-order valence-corrected chi connectivity index (χ0v) is 14.6. The first-order valence-electron chi connectivity index (χ1n) is 5.54. The second kappa shape index (κ2) is 5.49. The van der Waals surface area contributed by atoms with Gasteiger partial charge in [0, 0.05) is 18.6 Å². The van der Waals surface area contributed by atoms with Gasteiger partial charge in [-0.05, 0) is 57.7 Å². The van der Waals surface area contributed by atoms with E-state index in [9.17, 15) is 8.42 Å². The van der Waals surface area contributed by atoms with Crippen molar-refractivity contribution in [2.75, 3.05) is 6.54 Å². The highest BCUT2D eigenvalue weighted by atomic mass is 79.9. The van der Waals surface area contributed by atoms with Gasteiger partial charge in [0.15, 0.2) is 0 Å². The molecule has 0 radical (unpaired) electrons. The zero-order valence-electron chi connectivity index (χ0n) is 9.77. The highest BCUT2D eigenvalue weighted by molar-refractivity contribution is 9.12. The Morgan fingerprint density at radius 3 is 2.67 bits per heavy atom. The predicted molar refractivity (Wildman–Crippen MR) is 80.3 cm³/mol. The minimum atomic E-state index is -3.43. The van der Waals surface area contributed by atoms with Gasteiger partial charge in [0.05, 0.1) is 7.57 Å². The molecule has 2 rings (SSSR count). The summed E-state index contributed by atoms with van der Waals surface area (Å²) in [5.41, 5.74) is 5.87. The fourth-order valence-electron chi connectivity index (χ4n) is 2.17. The van der Waals surface area contributed by atoms with E-state index in [0.29, 0.717) is 28.1 Å². The third-order valence-corrected chi connectivity index (χ3v) is 7.84. The van der Waals surface area contributed by atoms with Gasteiger partial charge in [0.1, 0.15) is 4.90 Å². The molecule has 0 aromatic carbocycles. The van der Waals surface area contributed by atoms with Crippen molar-refractivity contribution in [3.05, 3.63) is 13.6 Å². The number of hydrogen-bond donors (Lipinski definition) is 1. The topological polar surface area (TPSA) is 63.4 Å². The molecule has 0 saturated carbocycles. The first-order valence-corrected chi connectivity index (χ1v) is 9.39. The van der Waals surface area contributed by atoms with Crippen LogP contribution in [-0.2, 0) is 10.0 Å². The van der Waals surface area contributed by atoms with Gasteiger partial charge in [0.2, 0.25) is 10.0 Å². The van der Waals surface area contributed by atoms with Crippen LogP contribution in [-0.4, -0.2) is 31.4 Å². The SMILES string of the molecule is CC1CC(N)CCN1S(=O)(=O)c1cc(Br)sc1Br. The maximum Gasteiger partial charge on any atom is 0.245 e. The van der Waals surface area contributed by atoms with E-state index in [2.05, 4.69) is 31.9 Å². The van der Waals surface area contributed by atoms with Crippen LogP contribution in [0.4, 0.5) is 0 Å².